The number of ether oxygens (including phenoxy) is 2. The molecule has 0 aliphatic carbocycles. The first-order valence-corrected chi connectivity index (χ1v) is 6.99. The van der Waals surface area contributed by atoms with Gasteiger partial charge in [-0.3, -0.25) is 4.79 Å². The summed E-state index contributed by atoms with van der Waals surface area (Å²) in [6, 6.07) is 13.0. The van der Waals surface area contributed by atoms with Crippen LogP contribution < -0.4 is 14.8 Å². The standard InChI is InChI=1S/C17H14N2O3/c1-10-6-12-7-13(3-4-14(12)18-10)19-17(20)11-2-5-15-16(8-11)22-9-21-15/h2-8,18H,9H2,1H3,(H,19,20). The van der Waals surface area contributed by atoms with Crippen molar-refractivity contribution in [3.05, 3.63) is 53.7 Å². The van der Waals surface area contributed by atoms with E-state index in [-0.39, 0.29) is 12.7 Å². The second-order valence-electron chi connectivity index (χ2n) is 5.28. The Balaban J connectivity index is 1.59. The van der Waals surface area contributed by atoms with Crippen molar-refractivity contribution in [2.24, 2.45) is 0 Å². The monoisotopic (exact) mass is 294 g/mol. The molecule has 0 fully saturated rings. The Labute approximate surface area is 126 Å². The highest BCUT2D eigenvalue weighted by molar-refractivity contribution is 6.05. The summed E-state index contributed by atoms with van der Waals surface area (Å²) in [6.45, 7) is 2.20. The first-order valence-electron chi connectivity index (χ1n) is 6.99. The molecule has 1 aromatic heterocycles. The van der Waals surface area contributed by atoms with Crippen LogP contribution in [0.15, 0.2) is 42.5 Å². The number of aromatic nitrogens is 1. The van der Waals surface area contributed by atoms with E-state index in [0.29, 0.717) is 17.1 Å². The van der Waals surface area contributed by atoms with Crippen LogP contribution in [0.2, 0.25) is 0 Å². The smallest absolute Gasteiger partial charge is 0.255 e. The van der Waals surface area contributed by atoms with Crippen LogP contribution >= 0.6 is 0 Å². The molecular formula is C17H14N2O3. The number of carbonyl (C=O) groups is 1. The topological polar surface area (TPSA) is 63.4 Å². The molecule has 1 amide bonds. The molecule has 0 bridgehead atoms. The van der Waals surface area contributed by atoms with E-state index in [9.17, 15) is 4.79 Å². The van der Waals surface area contributed by atoms with Crippen molar-refractivity contribution in [3.63, 3.8) is 0 Å². The molecule has 4 rings (SSSR count). The molecule has 1 aliphatic rings. The fourth-order valence-corrected chi connectivity index (χ4v) is 2.60. The van der Waals surface area contributed by atoms with E-state index in [2.05, 4.69) is 10.3 Å². The normalized spacial score (nSPS) is 12.6. The number of hydrogen-bond acceptors (Lipinski definition) is 3. The molecule has 0 saturated carbocycles. The van der Waals surface area contributed by atoms with Crippen molar-refractivity contribution in [1.29, 1.82) is 0 Å². The number of aromatic amines is 1. The summed E-state index contributed by atoms with van der Waals surface area (Å²) in [4.78, 5) is 15.6. The maximum absolute atomic E-state index is 12.3. The lowest BCUT2D eigenvalue weighted by Crippen LogP contribution is -2.11. The Kier molecular flexibility index (Phi) is 2.79. The van der Waals surface area contributed by atoms with E-state index >= 15 is 0 Å². The van der Waals surface area contributed by atoms with E-state index in [1.807, 2.05) is 31.2 Å². The minimum Gasteiger partial charge on any atom is -0.454 e. The van der Waals surface area contributed by atoms with Crippen molar-refractivity contribution in [2.45, 2.75) is 6.92 Å². The van der Waals surface area contributed by atoms with Crippen LogP contribution in [-0.2, 0) is 0 Å². The zero-order valence-electron chi connectivity index (χ0n) is 12.0. The molecule has 5 nitrogen and oxygen atoms in total. The number of hydrogen-bond donors (Lipinski definition) is 2. The summed E-state index contributed by atoms with van der Waals surface area (Å²) in [6.07, 6.45) is 0. The second-order valence-corrected chi connectivity index (χ2v) is 5.28. The lowest BCUT2D eigenvalue weighted by molar-refractivity contribution is 0.102. The van der Waals surface area contributed by atoms with Gasteiger partial charge in [0.05, 0.1) is 0 Å². The maximum Gasteiger partial charge on any atom is 0.255 e. The number of amides is 1. The van der Waals surface area contributed by atoms with Crippen molar-refractivity contribution >= 4 is 22.5 Å². The summed E-state index contributed by atoms with van der Waals surface area (Å²) in [7, 11) is 0. The molecule has 0 radical (unpaired) electrons. The third-order valence-corrected chi connectivity index (χ3v) is 3.65. The minimum absolute atomic E-state index is 0.176. The summed E-state index contributed by atoms with van der Waals surface area (Å²) >= 11 is 0. The van der Waals surface area contributed by atoms with Gasteiger partial charge >= 0.3 is 0 Å². The number of anilines is 1. The van der Waals surface area contributed by atoms with Gasteiger partial charge in [-0.05, 0) is 49.4 Å². The van der Waals surface area contributed by atoms with Crippen LogP contribution in [-0.4, -0.2) is 17.7 Å². The lowest BCUT2D eigenvalue weighted by atomic mass is 10.1. The molecule has 110 valence electrons. The Bertz CT molecular complexity index is 883. The first kappa shape index (κ1) is 12.8. The van der Waals surface area contributed by atoms with E-state index in [0.717, 1.165) is 22.3 Å². The van der Waals surface area contributed by atoms with Gasteiger partial charge in [-0.15, -0.1) is 0 Å². The molecule has 0 atom stereocenters. The number of benzene rings is 2. The third kappa shape index (κ3) is 2.16. The molecular weight excluding hydrogens is 280 g/mol. The molecule has 2 aromatic carbocycles. The average molecular weight is 294 g/mol. The van der Waals surface area contributed by atoms with Gasteiger partial charge in [-0.1, -0.05) is 0 Å². The predicted octanol–water partition coefficient (Wildman–Crippen LogP) is 3.46. The zero-order valence-corrected chi connectivity index (χ0v) is 12.0. The Morgan fingerprint density at radius 2 is 1.95 bits per heavy atom. The van der Waals surface area contributed by atoms with Gasteiger partial charge in [0.2, 0.25) is 6.79 Å². The number of aryl methyl sites for hydroxylation is 1. The van der Waals surface area contributed by atoms with Crippen LogP contribution in [0.25, 0.3) is 10.9 Å². The molecule has 2 N–H and O–H groups in total. The number of carbonyl (C=O) groups excluding carboxylic acids is 1. The number of H-pyrrole nitrogens is 1. The number of nitrogens with one attached hydrogen (secondary N) is 2. The Morgan fingerprint density at radius 3 is 2.86 bits per heavy atom. The molecule has 3 aromatic rings. The van der Waals surface area contributed by atoms with Gasteiger partial charge in [0, 0.05) is 27.8 Å². The second kappa shape index (κ2) is 4.80. The predicted molar refractivity (Wildman–Crippen MR) is 83.6 cm³/mol. The van der Waals surface area contributed by atoms with E-state index in [1.165, 1.54) is 0 Å². The van der Waals surface area contributed by atoms with E-state index < -0.39 is 0 Å². The highest BCUT2D eigenvalue weighted by atomic mass is 16.7. The molecule has 22 heavy (non-hydrogen) atoms. The summed E-state index contributed by atoms with van der Waals surface area (Å²) in [5, 5.41) is 3.97. The molecule has 0 unspecified atom stereocenters. The van der Waals surface area contributed by atoms with Gasteiger partial charge < -0.3 is 19.8 Å². The fraction of sp³-hybridized carbons (Fsp3) is 0.118. The van der Waals surface area contributed by atoms with Crippen molar-refractivity contribution in [3.8, 4) is 11.5 Å². The van der Waals surface area contributed by atoms with Crippen LogP contribution in [0.4, 0.5) is 5.69 Å². The molecule has 0 saturated heterocycles. The highest BCUT2D eigenvalue weighted by Crippen LogP contribution is 2.32. The number of rotatable bonds is 2. The summed E-state index contributed by atoms with van der Waals surface area (Å²) < 4.78 is 10.5. The van der Waals surface area contributed by atoms with E-state index in [4.69, 9.17) is 9.47 Å². The summed E-state index contributed by atoms with van der Waals surface area (Å²) in [5.74, 6) is 1.09. The molecule has 1 aliphatic heterocycles. The van der Waals surface area contributed by atoms with Crippen molar-refractivity contribution in [1.82, 2.24) is 4.98 Å². The molecule has 2 heterocycles. The van der Waals surface area contributed by atoms with Crippen molar-refractivity contribution < 1.29 is 14.3 Å². The number of fused-ring (bicyclic) bond motifs is 2. The van der Waals surface area contributed by atoms with Crippen LogP contribution in [0, 0.1) is 6.92 Å². The quantitative estimate of drug-likeness (QED) is 0.761. The highest BCUT2D eigenvalue weighted by Gasteiger charge is 2.16. The van der Waals surface area contributed by atoms with Crippen molar-refractivity contribution in [2.75, 3.05) is 12.1 Å². The van der Waals surface area contributed by atoms with Gasteiger partial charge in [-0.25, -0.2) is 0 Å². The first-order chi connectivity index (χ1) is 10.7. The third-order valence-electron chi connectivity index (χ3n) is 3.65. The van der Waals surface area contributed by atoms with Crippen LogP contribution in [0.1, 0.15) is 16.1 Å². The van der Waals surface area contributed by atoms with Gasteiger partial charge in [0.15, 0.2) is 11.5 Å². The van der Waals surface area contributed by atoms with Gasteiger partial charge in [0.25, 0.3) is 5.91 Å². The minimum atomic E-state index is -0.176. The zero-order chi connectivity index (χ0) is 15.1. The Morgan fingerprint density at radius 1 is 1.09 bits per heavy atom. The average Bonchev–Trinajstić information content (AvgIpc) is 3.10. The van der Waals surface area contributed by atoms with Gasteiger partial charge in [-0.2, -0.15) is 0 Å². The SMILES string of the molecule is Cc1cc2cc(NC(=O)c3ccc4c(c3)OCO4)ccc2[nH]1. The van der Waals surface area contributed by atoms with E-state index in [1.54, 1.807) is 18.2 Å². The van der Waals surface area contributed by atoms with Gasteiger partial charge in [0.1, 0.15) is 0 Å². The maximum atomic E-state index is 12.3. The fourth-order valence-electron chi connectivity index (χ4n) is 2.60. The summed E-state index contributed by atoms with van der Waals surface area (Å²) in [5.41, 5.74) is 3.44. The lowest BCUT2D eigenvalue weighted by Gasteiger charge is -2.06. The Hall–Kier alpha value is -2.95. The molecule has 0 spiro atoms. The van der Waals surface area contributed by atoms with Crippen LogP contribution in [0.5, 0.6) is 11.5 Å². The molecule has 5 heteroatoms. The van der Waals surface area contributed by atoms with Crippen LogP contribution in [0.3, 0.4) is 0 Å². The largest absolute Gasteiger partial charge is 0.454 e.